The number of carbonyl (C=O) groups excluding carboxylic acids is 1. The number of aryl methyl sites for hydroxylation is 1. The number of methoxy groups -OCH3 is 1. The molecule has 0 N–H and O–H groups in total. The molecule has 3 aromatic rings. The first-order valence-corrected chi connectivity index (χ1v) is 11.4. The monoisotopic (exact) mass is 540 g/mol. The lowest BCUT2D eigenvalue weighted by Crippen LogP contribution is -2.09. The van der Waals surface area contributed by atoms with Crippen LogP contribution in [0.15, 0.2) is 42.5 Å². The Labute approximate surface area is 199 Å². The lowest BCUT2D eigenvalue weighted by molar-refractivity contribution is 0.0729. The molecule has 7 nitrogen and oxygen atoms in total. The number of esters is 1. The van der Waals surface area contributed by atoms with Gasteiger partial charge in [-0.15, -0.1) is 10.2 Å². The third-order valence-electron chi connectivity index (χ3n) is 5.25. The Hall–Kier alpha value is -3.19. The van der Waals surface area contributed by atoms with E-state index in [0.29, 0.717) is 28.5 Å². The maximum absolute atomic E-state index is 12.5. The molecule has 1 aromatic heterocycles. The molecule has 0 saturated carbocycles. The minimum atomic E-state index is -0.466. The van der Waals surface area contributed by atoms with Crippen molar-refractivity contribution in [1.82, 2.24) is 14.8 Å². The lowest BCUT2D eigenvalue weighted by Gasteiger charge is -2.10. The van der Waals surface area contributed by atoms with E-state index in [0.717, 1.165) is 47.2 Å². The van der Waals surface area contributed by atoms with Crippen LogP contribution in [0.25, 0.3) is 11.6 Å². The summed E-state index contributed by atoms with van der Waals surface area (Å²) in [6.07, 6.45) is 5.90. The van der Waals surface area contributed by atoms with Gasteiger partial charge in [0.1, 0.15) is 11.9 Å². The quantitative estimate of drug-likeness (QED) is 0.198. The van der Waals surface area contributed by atoms with Gasteiger partial charge in [-0.2, -0.15) is 5.26 Å². The SMILES string of the molecule is COc1cc(C=C(C#N)c2nnc3n2CCCCC3)ccc1OC(=O)c1ccc(I)cc1. The van der Waals surface area contributed by atoms with E-state index in [1.165, 1.54) is 7.11 Å². The maximum atomic E-state index is 12.5. The van der Waals surface area contributed by atoms with Gasteiger partial charge in [0.25, 0.3) is 0 Å². The van der Waals surface area contributed by atoms with Crippen LogP contribution in [0.4, 0.5) is 0 Å². The molecule has 8 heteroatoms. The molecule has 2 aromatic carbocycles. The number of nitrogens with zero attached hydrogens (tertiary/aromatic N) is 4. The van der Waals surface area contributed by atoms with Crippen LogP contribution in [0, 0.1) is 14.9 Å². The molecule has 1 aliphatic heterocycles. The molecule has 4 rings (SSSR count). The summed E-state index contributed by atoms with van der Waals surface area (Å²) in [5.74, 6) is 1.75. The number of benzene rings is 2. The minimum absolute atomic E-state index is 0.308. The van der Waals surface area contributed by atoms with E-state index in [-0.39, 0.29) is 0 Å². The van der Waals surface area contributed by atoms with Gasteiger partial charge in [0.05, 0.1) is 18.2 Å². The summed E-state index contributed by atoms with van der Waals surface area (Å²) < 4.78 is 14.0. The van der Waals surface area contributed by atoms with Gasteiger partial charge < -0.3 is 14.0 Å². The van der Waals surface area contributed by atoms with Crippen molar-refractivity contribution in [3.05, 3.63) is 68.8 Å². The molecule has 0 spiro atoms. The first-order valence-electron chi connectivity index (χ1n) is 10.3. The van der Waals surface area contributed by atoms with Crippen molar-refractivity contribution in [2.75, 3.05) is 7.11 Å². The summed E-state index contributed by atoms with van der Waals surface area (Å²) in [4.78, 5) is 12.5. The van der Waals surface area contributed by atoms with Gasteiger partial charge in [-0.3, -0.25) is 0 Å². The molecule has 0 bridgehead atoms. The highest BCUT2D eigenvalue weighted by Crippen LogP contribution is 2.31. The van der Waals surface area contributed by atoms with Crippen molar-refractivity contribution in [3.8, 4) is 17.6 Å². The fourth-order valence-electron chi connectivity index (χ4n) is 3.60. The van der Waals surface area contributed by atoms with Gasteiger partial charge >= 0.3 is 5.97 Å². The van der Waals surface area contributed by atoms with Crippen LogP contribution in [0.3, 0.4) is 0 Å². The lowest BCUT2D eigenvalue weighted by atomic mass is 10.1. The minimum Gasteiger partial charge on any atom is -0.493 e. The molecule has 0 aliphatic carbocycles. The number of nitriles is 1. The van der Waals surface area contributed by atoms with Crippen molar-refractivity contribution in [3.63, 3.8) is 0 Å². The number of ether oxygens (including phenoxy) is 2. The highest BCUT2D eigenvalue weighted by Gasteiger charge is 2.18. The van der Waals surface area contributed by atoms with Gasteiger partial charge in [-0.05, 0) is 83.5 Å². The van der Waals surface area contributed by atoms with Crippen LogP contribution in [-0.4, -0.2) is 27.8 Å². The van der Waals surface area contributed by atoms with E-state index in [2.05, 4.69) is 38.9 Å². The van der Waals surface area contributed by atoms with E-state index in [1.807, 2.05) is 16.7 Å². The average Bonchev–Trinajstić information content (AvgIpc) is 3.06. The number of aromatic nitrogens is 3. The van der Waals surface area contributed by atoms with Crippen molar-refractivity contribution in [2.45, 2.75) is 32.2 Å². The second kappa shape index (κ2) is 9.96. The molecule has 32 heavy (non-hydrogen) atoms. The number of allylic oxidation sites excluding steroid dienone is 1. The summed E-state index contributed by atoms with van der Waals surface area (Å²) >= 11 is 2.18. The third kappa shape index (κ3) is 4.83. The number of halogens is 1. The fraction of sp³-hybridized carbons (Fsp3) is 0.250. The van der Waals surface area contributed by atoms with Gasteiger partial charge in [0.2, 0.25) is 0 Å². The summed E-state index contributed by atoms with van der Waals surface area (Å²) in [5, 5.41) is 18.3. The molecule has 0 radical (unpaired) electrons. The molecule has 0 atom stereocenters. The Morgan fingerprint density at radius 1 is 1.12 bits per heavy atom. The smallest absolute Gasteiger partial charge is 0.343 e. The van der Waals surface area contributed by atoms with E-state index in [1.54, 1.807) is 36.4 Å². The van der Waals surface area contributed by atoms with Crippen LogP contribution in [0.5, 0.6) is 11.5 Å². The second-order valence-electron chi connectivity index (χ2n) is 7.38. The van der Waals surface area contributed by atoms with E-state index < -0.39 is 5.97 Å². The zero-order valence-electron chi connectivity index (χ0n) is 17.5. The Morgan fingerprint density at radius 3 is 2.69 bits per heavy atom. The highest BCUT2D eigenvalue weighted by atomic mass is 127. The van der Waals surface area contributed by atoms with Gasteiger partial charge in [0.15, 0.2) is 17.3 Å². The summed E-state index contributed by atoms with van der Waals surface area (Å²) in [6.45, 7) is 0.813. The molecule has 0 fully saturated rings. The average molecular weight is 540 g/mol. The van der Waals surface area contributed by atoms with Crippen molar-refractivity contribution < 1.29 is 14.3 Å². The predicted octanol–water partition coefficient (Wildman–Crippen LogP) is 4.90. The Balaban J connectivity index is 1.60. The zero-order chi connectivity index (χ0) is 22.5. The maximum Gasteiger partial charge on any atom is 0.343 e. The first kappa shape index (κ1) is 22.0. The summed E-state index contributed by atoms with van der Waals surface area (Å²) in [5.41, 5.74) is 1.62. The molecular formula is C24H21IN4O3. The van der Waals surface area contributed by atoms with Gasteiger partial charge in [-0.25, -0.2) is 4.79 Å². The van der Waals surface area contributed by atoms with Crippen LogP contribution in [0.2, 0.25) is 0 Å². The van der Waals surface area contributed by atoms with Gasteiger partial charge in [-0.1, -0.05) is 12.5 Å². The zero-order valence-corrected chi connectivity index (χ0v) is 19.7. The van der Waals surface area contributed by atoms with E-state index in [4.69, 9.17) is 9.47 Å². The van der Waals surface area contributed by atoms with Crippen molar-refractivity contribution in [1.29, 1.82) is 5.26 Å². The van der Waals surface area contributed by atoms with Crippen molar-refractivity contribution in [2.24, 2.45) is 0 Å². The number of hydrogen-bond acceptors (Lipinski definition) is 6. The molecule has 0 amide bonds. The largest absolute Gasteiger partial charge is 0.493 e. The Morgan fingerprint density at radius 2 is 1.94 bits per heavy atom. The van der Waals surface area contributed by atoms with Crippen LogP contribution in [-0.2, 0) is 13.0 Å². The molecule has 0 unspecified atom stereocenters. The van der Waals surface area contributed by atoms with E-state index >= 15 is 0 Å². The molecule has 0 saturated heterocycles. The molecule has 162 valence electrons. The molecular weight excluding hydrogens is 519 g/mol. The highest BCUT2D eigenvalue weighted by molar-refractivity contribution is 14.1. The van der Waals surface area contributed by atoms with Crippen LogP contribution < -0.4 is 9.47 Å². The van der Waals surface area contributed by atoms with E-state index in [9.17, 15) is 10.1 Å². The Bertz CT molecular complexity index is 1210. The third-order valence-corrected chi connectivity index (χ3v) is 5.97. The number of hydrogen-bond donors (Lipinski definition) is 0. The number of rotatable bonds is 5. The predicted molar refractivity (Wildman–Crippen MR) is 128 cm³/mol. The van der Waals surface area contributed by atoms with Gasteiger partial charge in [0, 0.05) is 16.5 Å². The summed E-state index contributed by atoms with van der Waals surface area (Å²) in [6, 6.07) is 14.5. The van der Waals surface area contributed by atoms with Crippen LogP contribution in [0.1, 0.15) is 46.8 Å². The second-order valence-corrected chi connectivity index (χ2v) is 8.62. The fourth-order valence-corrected chi connectivity index (χ4v) is 3.96. The topological polar surface area (TPSA) is 90.0 Å². The molecule has 1 aliphatic rings. The summed E-state index contributed by atoms with van der Waals surface area (Å²) in [7, 11) is 1.51. The molecule has 2 heterocycles. The number of fused-ring (bicyclic) bond motifs is 1. The number of carbonyl (C=O) groups is 1. The standard InChI is InChI=1S/C24H21IN4O3/c1-31-21-14-16(6-11-20(21)32-24(30)17-7-9-19(25)10-8-17)13-18(15-26)23-28-27-22-5-3-2-4-12-29(22)23/h6-11,13-14H,2-5,12H2,1H3. The van der Waals surface area contributed by atoms with Crippen LogP contribution >= 0.6 is 22.6 Å². The van der Waals surface area contributed by atoms with Crippen molar-refractivity contribution >= 4 is 40.2 Å². The first-order chi connectivity index (χ1) is 15.6. The Kier molecular flexibility index (Phi) is 6.85. The normalized spacial score (nSPS) is 13.6.